The Hall–Kier alpha value is -2.07. The second-order valence-electron chi connectivity index (χ2n) is 5.95. The van der Waals surface area contributed by atoms with Crippen molar-refractivity contribution in [2.24, 2.45) is 11.7 Å². The molecule has 1 aliphatic heterocycles. The standard InChI is InChI=1S/C17H21N3O/c1-13-9-15(18)12-20(11-13)17(21)14-5-4-6-16(10-14)19-7-2-3-8-19/h2-8,10,13,15H,9,11-12,18H2,1H3. The lowest BCUT2D eigenvalue weighted by molar-refractivity contribution is 0.0661. The summed E-state index contributed by atoms with van der Waals surface area (Å²) in [7, 11) is 0. The third kappa shape index (κ3) is 3.00. The first kappa shape index (κ1) is 13.9. The lowest BCUT2D eigenvalue weighted by Gasteiger charge is -2.34. The van der Waals surface area contributed by atoms with Gasteiger partial charge in [0.2, 0.25) is 0 Å². The van der Waals surface area contributed by atoms with Crippen molar-refractivity contribution in [2.75, 3.05) is 13.1 Å². The smallest absolute Gasteiger partial charge is 0.253 e. The maximum absolute atomic E-state index is 12.7. The fraction of sp³-hybridized carbons (Fsp3) is 0.353. The molecule has 1 saturated heterocycles. The van der Waals surface area contributed by atoms with Gasteiger partial charge in [-0.3, -0.25) is 4.79 Å². The van der Waals surface area contributed by atoms with E-state index in [1.165, 1.54) is 0 Å². The molecule has 2 N–H and O–H groups in total. The first-order valence-electron chi connectivity index (χ1n) is 7.42. The first-order valence-corrected chi connectivity index (χ1v) is 7.42. The molecule has 0 bridgehead atoms. The largest absolute Gasteiger partial charge is 0.337 e. The van der Waals surface area contributed by atoms with Crippen LogP contribution in [0.5, 0.6) is 0 Å². The molecule has 110 valence electrons. The molecule has 3 rings (SSSR count). The van der Waals surface area contributed by atoms with Gasteiger partial charge in [-0.2, -0.15) is 0 Å². The van der Waals surface area contributed by atoms with E-state index in [1.807, 2.05) is 58.3 Å². The number of benzene rings is 1. The van der Waals surface area contributed by atoms with Crippen molar-refractivity contribution < 1.29 is 4.79 Å². The Bertz CT molecular complexity index is 611. The van der Waals surface area contributed by atoms with Gasteiger partial charge >= 0.3 is 0 Å². The molecule has 4 nitrogen and oxygen atoms in total. The van der Waals surface area contributed by atoms with E-state index in [0.29, 0.717) is 12.5 Å². The summed E-state index contributed by atoms with van der Waals surface area (Å²) in [5, 5.41) is 0. The van der Waals surface area contributed by atoms with Gasteiger partial charge in [-0.25, -0.2) is 0 Å². The van der Waals surface area contributed by atoms with Gasteiger partial charge in [0.25, 0.3) is 5.91 Å². The van der Waals surface area contributed by atoms with Crippen molar-refractivity contribution in [3.05, 3.63) is 54.4 Å². The Morgan fingerprint density at radius 1 is 1.19 bits per heavy atom. The zero-order valence-electron chi connectivity index (χ0n) is 12.3. The van der Waals surface area contributed by atoms with Crippen LogP contribution in [0.15, 0.2) is 48.8 Å². The number of hydrogen-bond acceptors (Lipinski definition) is 2. The third-order valence-corrected chi connectivity index (χ3v) is 3.97. The summed E-state index contributed by atoms with van der Waals surface area (Å²) in [6.45, 7) is 3.59. The van der Waals surface area contributed by atoms with Crippen molar-refractivity contribution in [3.63, 3.8) is 0 Å². The van der Waals surface area contributed by atoms with Gasteiger partial charge in [-0.15, -0.1) is 0 Å². The monoisotopic (exact) mass is 283 g/mol. The van der Waals surface area contributed by atoms with Crippen molar-refractivity contribution in [1.29, 1.82) is 0 Å². The minimum absolute atomic E-state index is 0.0750. The van der Waals surface area contributed by atoms with Crippen molar-refractivity contribution >= 4 is 5.91 Å². The predicted molar refractivity (Wildman–Crippen MR) is 83.4 cm³/mol. The van der Waals surface area contributed by atoms with Crippen LogP contribution in [0.3, 0.4) is 0 Å². The number of nitrogens with zero attached hydrogens (tertiary/aromatic N) is 2. The SMILES string of the molecule is CC1CC(N)CN(C(=O)c2cccc(-n3cccc3)c2)C1. The van der Waals surface area contributed by atoms with Gasteiger partial charge in [-0.1, -0.05) is 13.0 Å². The number of carbonyl (C=O) groups is 1. The molecular weight excluding hydrogens is 262 g/mol. The van der Waals surface area contributed by atoms with Gasteiger partial charge in [0, 0.05) is 42.8 Å². The van der Waals surface area contributed by atoms with Gasteiger partial charge in [0.1, 0.15) is 0 Å². The summed E-state index contributed by atoms with van der Waals surface area (Å²) in [6, 6.07) is 11.8. The number of rotatable bonds is 2. The van der Waals surface area contributed by atoms with E-state index in [9.17, 15) is 4.79 Å². The highest BCUT2D eigenvalue weighted by molar-refractivity contribution is 5.94. The predicted octanol–water partition coefficient (Wildman–Crippen LogP) is 2.29. The number of nitrogens with two attached hydrogens (primary N) is 1. The molecule has 2 unspecified atom stereocenters. The number of likely N-dealkylation sites (tertiary alicyclic amines) is 1. The van der Waals surface area contributed by atoms with E-state index in [2.05, 4.69) is 6.92 Å². The van der Waals surface area contributed by atoms with Crippen LogP contribution in [-0.4, -0.2) is 34.5 Å². The molecule has 2 heterocycles. The molecule has 1 aromatic carbocycles. The molecule has 0 radical (unpaired) electrons. The summed E-state index contributed by atoms with van der Waals surface area (Å²) in [5.74, 6) is 0.538. The molecule has 2 atom stereocenters. The van der Waals surface area contributed by atoms with E-state index < -0.39 is 0 Å². The zero-order valence-corrected chi connectivity index (χ0v) is 12.3. The minimum Gasteiger partial charge on any atom is -0.337 e. The van der Waals surface area contributed by atoms with Crippen LogP contribution < -0.4 is 5.73 Å². The van der Waals surface area contributed by atoms with Crippen LogP contribution in [0.2, 0.25) is 0 Å². The highest BCUT2D eigenvalue weighted by atomic mass is 16.2. The fourth-order valence-corrected chi connectivity index (χ4v) is 3.05. The van der Waals surface area contributed by atoms with Gasteiger partial charge < -0.3 is 15.2 Å². The summed E-state index contributed by atoms with van der Waals surface area (Å²) >= 11 is 0. The van der Waals surface area contributed by atoms with Crippen LogP contribution in [0.1, 0.15) is 23.7 Å². The number of aromatic nitrogens is 1. The van der Waals surface area contributed by atoms with Crippen LogP contribution in [0, 0.1) is 5.92 Å². The molecule has 1 aliphatic rings. The molecule has 4 heteroatoms. The summed E-state index contributed by atoms with van der Waals surface area (Å²) in [4.78, 5) is 14.6. The van der Waals surface area contributed by atoms with Gasteiger partial charge in [0.15, 0.2) is 0 Å². The number of hydrogen-bond donors (Lipinski definition) is 1. The van der Waals surface area contributed by atoms with E-state index in [0.717, 1.165) is 24.2 Å². The van der Waals surface area contributed by atoms with Gasteiger partial charge in [0.05, 0.1) is 0 Å². The Labute approximate surface area is 125 Å². The van der Waals surface area contributed by atoms with Gasteiger partial charge in [-0.05, 0) is 42.7 Å². The second-order valence-corrected chi connectivity index (χ2v) is 5.95. The highest BCUT2D eigenvalue weighted by Gasteiger charge is 2.26. The van der Waals surface area contributed by atoms with Crippen molar-refractivity contribution in [1.82, 2.24) is 9.47 Å². The van der Waals surface area contributed by atoms with Crippen LogP contribution in [-0.2, 0) is 0 Å². The molecule has 1 fully saturated rings. The van der Waals surface area contributed by atoms with Crippen LogP contribution >= 0.6 is 0 Å². The van der Waals surface area contributed by atoms with E-state index in [4.69, 9.17) is 5.73 Å². The van der Waals surface area contributed by atoms with Crippen LogP contribution in [0.25, 0.3) is 5.69 Å². The van der Waals surface area contributed by atoms with Crippen LogP contribution in [0.4, 0.5) is 0 Å². The number of carbonyl (C=O) groups excluding carboxylic acids is 1. The lowest BCUT2D eigenvalue weighted by Crippen LogP contribution is -2.48. The maximum Gasteiger partial charge on any atom is 0.253 e. The molecule has 0 saturated carbocycles. The summed E-state index contributed by atoms with van der Waals surface area (Å²) < 4.78 is 2.00. The Kier molecular flexibility index (Phi) is 3.80. The van der Waals surface area contributed by atoms with E-state index in [1.54, 1.807) is 0 Å². The zero-order chi connectivity index (χ0) is 14.8. The maximum atomic E-state index is 12.7. The average Bonchev–Trinajstić information content (AvgIpc) is 3.00. The fourth-order valence-electron chi connectivity index (χ4n) is 3.05. The molecule has 1 amide bonds. The normalized spacial score (nSPS) is 22.3. The first-order chi connectivity index (χ1) is 10.1. The lowest BCUT2D eigenvalue weighted by atomic mass is 9.96. The number of piperidine rings is 1. The average molecular weight is 283 g/mol. The Balaban J connectivity index is 1.83. The number of amides is 1. The topological polar surface area (TPSA) is 51.3 Å². The highest BCUT2D eigenvalue weighted by Crippen LogP contribution is 2.19. The summed E-state index contributed by atoms with van der Waals surface area (Å²) in [6.07, 6.45) is 4.94. The van der Waals surface area contributed by atoms with Crippen molar-refractivity contribution in [3.8, 4) is 5.69 Å². The quantitative estimate of drug-likeness (QED) is 0.919. The molecule has 0 spiro atoms. The minimum atomic E-state index is 0.0750. The third-order valence-electron chi connectivity index (χ3n) is 3.97. The Morgan fingerprint density at radius 3 is 2.67 bits per heavy atom. The molecule has 2 aromatic rings. The molecular formula is C17H21N3O. The molecule has 21 heavy (non-hydrogen) atoms. The van der Waals surface area contributed by atoms with E-state index >= 15 is 0 Å². The molecule has 1 aromatic heterocycles. The van der Waals surface area contributed by atoms with E-state index in [-0.39, 0.29) is 11.9 Å². The Morgan fingerprint density at radius 2 is 1.95 bits per heavy atom. The van der Waals surface area contributed by atoms with Crippen molar-refractivity contribution in [2.45, 2.75) is 19.4 Å². The second kappa shape index (κ2) is 5.74. The summed E-state index contributed by atoms with van der Waals surface area (Å²) in [5.41, 5.74) is 7.77. The molecule has 0 aliphatic carbocycles.